The molecule has 0 saturated carbocycles. The van der Waals surface area contributed by atoms with Crippen molar-refractivity contribution in [2.45, 2.75) is 6.54 Å². The van der Waals surface area contributed by atoms with Crippen LogP contribution in [0.3, 0.4) is 0 Å². The fourth-order valence-corrected chi connectivity index (χ4v) is 3.45. The lowest BCUT2D eigenvalue weighted by molar-refractivity contribution is -0.117. The van der Waals surface area contributed by atoms with E-state index in [1.807, 2.05) is 30.1 Å². The lowest BCUT2D eigenvalue weighted by atomic mass is 10.2. The molecule has 0 saturated heterocycles. The first kappa shape index (κ1) is 18.4. The zero-order valence-electron chi connectivity index (χ0n) is 13.3. The summed E-state index contributed by atoms with van der Waals surface area (Å²) >= 11 is 4.70. The highest BCUT2D eigenvalue weighted by atomic mass is 79.9. The number of likely N-dealkylation sites (N-methyl/N-ethyl adjacent to an activating group) is 1. The Morgan fingerprint density at radius 2 is 2.12 bits per heavy atom. The van der Waals surface area contributed by atoms with Gasteiger partial charge in [0.2, 0.25) is 5.91 Å². The van der Waals surface area contributed by atoms with Crippen molar-refractivity contribution >= 4 is 44.1 Å². The monoisotopic (exact) mass is 411 g/mol. The molecule has 8 heteroatoms. The fraction of sp³-hybridized carbons (Fsp3) is 0.250. The third kappa shape index (κ3) is 4.80. The van der Waals surface area contributed by atoms with Crippen molar-refractivity contribution in [1.29, 1.82) is 0 Å². The van der Waals surface area contributed by atoms with Gasteiger partial charge in [0.1, 0.15) is 10.8 Å². The molecule has 2 rings (SSSR count). The third-order valence-electron chi connectivity index (χ3n) is 3.28. The molecule has 1 aromatic carbocycles. The van der Waals surface area contributed by atoms with Crippen molar-refractivity contribution in [2.75, 3.05) is 26.0 Å². The van der Waals surface area contributed by atoms with E-state index in [9.17, 15) is 9.59 Å². The van der Waals surface area contributed by atoms with Gasteiger partial charge in [0.05, 0.1) is 19.2 Å². The Kier molecular flexibility index (Phi) is 6.36. The Labute approximate surface area is 152 Å². The van der Waals surface area contributed by atoms with E-state index in [1.165, 1.54) is 11.3 Å². The number of amides is 2. The number of nitrogens with two attached hydrogens (primary N) is 1. The van der Waals surface area contributed by atoms with E-state index < -0.39 is 5.91 Å². The third-order valence-corrected chi connectivity index (χ3v) is 4.60. The van der Waals surface area contributed by atoms with Crippen molar-refractivity contribution < 1.29 is 14.3 Å². The van der Waals surface area contributed by atoms with Crippen LogP contribution in [0.5, 0.6) is 5.75 Å². The van der Waals surface area contributed by atoms with E-state index in [2.05, 4.69) is 21.2 Å². The van der Waals surface area contributed by atoms with Gasteiger partial charge in [-0.15, -0.1) is 11.3 Å². The summed E-state index contributed by atoms with van der Waals surface area (Å²) in [4.78, 5) is 25.3. The SMILES string of the molecule is COc1ccc(Br)cc1CN(C)CC(=O)Nc1sccc1C(N)=O. The van der Waals surface area contributed by atoms with Crippen LogP contribution in [-0.2, 0) is 11.3 Å². The minimum atomic E-state index is -0.557. The predicted octanol–water partition coefficient (Wildman–Crippen LogP) is 2.69. The lowest BCUT2D eigenvalue weighted by Crippen LogP contribution is -2.30. The quantitative estimate of drug-likeness (QED) is 0.733. The molecule has 128 valence electrons. The van der Waals surface area contributed by atoms with Crippen LogP contribution < -0.4 is 15.8 Å². The number of primary amides is 1. The fourth-order valence-electron chi connectivity index (χ4n) is 2.23. The molecule has 0 radical (unpaired) electrons. The molecule has 1 aromatic heterocycles. The topological polar surface area (TPSA) is 84.7 Å². The summed E-state index contributed by atoms with van der Waals surface area (Å²) in [5.74, 6) is -0.00470. The zero-order valence-corrected chi connectivity index (χ0v) is 15.7. The maximum atomic E-state index is 12.2. The van der Waals surface area contributed by atoms with Gasteiger partial charge in [0.15, 0.2) is 0 Å². The van der Waals surface area contributed by atoms with Crippen molar-refractivity contribution in [3.63, 3.8) is 0 Å². The summed E-state index contributed by atoms with van der Waals surface area (Å²) in [6.45, 7) is 0.717. The smallest absolute Gasteiger partial charge is 0.251 e. The maximum Gasteiger partial charge on any atom is 0.251 e. The van der Waals surface area contributed by atoms with Crippen LogP contribution in [0.4, 0.5) is 5.00 Å². The average Bonchev–Trinajstić information content (AvgIpc) is 2.95. The molecule has 0 aliphatic carbocycles. The van der Waals surface area contributed by atoms with E-state index in [1.54, 1.807) is 18.6 Å². The van der Waals surface area contributed by atoms with E-state index in [0.717, 1.165) is 15.8 Å². The lowest BCUT2D eigenvalue weighted by Gasteiger charge is -2.18. The number of nitrogens with zero attached hydrogens (tertiary/aromatic N) is 1. The van der Waals surface area contributed by atoms with Crippen LogP contribution in [0, 0.1) is 0 Å². The van der Waals surface area contributed by atoms with Crippen molar-refractivity contribution in [3.05, 3.63) is 45.2 Å². The van der Waals surface area contributed by atoms with Gasteiger partial charge in [-0.05, 0) is 36.7 Å². The number of hydrogen-bond donors (Lipinski definition) is 2. The Morgan fingerprint density at radius 1 is 1.38 bits per heavy atom. The van der Waals surface area contributed by atoms with Gasteiger partial charge >= 0.3 is 0 Å². The number of ether oxygens (including phenoxy) is 1. The van der Waals surface area contributed by atoms with Crippen LogP contribution in [0.25, 0.3) is 0 Å². The van der Waals surface area contributed by atoms with Gasteiger partial charge in [0, 0.05) is 16.6 Å². The number of benzene rings is 1. The first-order chi connectivity index (χ1) is 11.4. The van der Waals surface area contributed by atoms with Crippen LogP contribution >= 0.6 is 27.3 Å². The molecule has 0 bridgehead atoms. The van der Waals surface area contributed by atoms with Gasteiger partial charge in [0.25, 0.3) is 5.91 Å². The van der Waals surface area contributed by atoms with Crippen LogP contribution in [0.1, 0.15) is 15.9 Å². The highest BCUT2D eigenvalue weighted by Crippen LogP contribution is 2.25. The van der Waals surface area contributed by atoms with Gasteiger partial charge in [-0.2, -0.15) is 0 Å². The Morgan fingerprint density at radius 3 is 2.79 bits per heavy atom. The number of hydrogen-bond acceptors (Lipinski definition) is 5. The number of thiophene rings is 1. The summed E-state index contributed by atoms with van der Waals surface area (Å²) in [7, 11) is 3.45. The number of anilines is 1. The molecule has 24 heavy (non-hydrogen) atoms. The summed E-state index contributed by atoms with van der Waals surface area (Å²) in [5.41, 5.74) is 6.56. The molecule has 6 nitrogen and oxygen atoms in total. The van der Waals surface area contributed by atoms with E-state index in [4.69, 9.17) is 10.5 Å². The molecule has 0 atom stereocenters. The average molecular weight is 412 g/mol. The van der Waals surface area contributed by atoms with Crippen molar-refractivity contribution in [1.82, 2.24) is 4.90 Å². The minimum absolute atomic E-state index is 0.172. The van der Waals surface area contributed by atoms with E-state index in [-0.39, 0.29) is 12.5 Å². The number of carbonyl (C=O) groups excluding carboxylic acids is 2. The number of carbonyl (C=O) groups is 2. The van der Waals surface area contributed by atoms with Crippen LogP contribution in [0.15, 0.2) is 34.1 Å². The second-order valence-corrected chi connectivity index (χ2v) is 7.04. The molecule has 0 spiro atoms. The summed E-state index contributed by atoms with van der Waals surface area (Å²) in [6, 6.07) is 7.33. The number of halogens is 1. The summed E-state index contributed by atoms with van der Waals surface area (Å²) in [5, 5.41) is 4.91. The second-order valence-electron chi connectivity index (χ2n) is 5.20. The van der Waals surface area contributed by atoms with Crippen LogP contribution in [-0.4, -0.2) is 37.4 Å². The first-order valence-electron chi connectivity index (χ1n) is 7.08. The van der Waals surface area contributed by atoms with Gasteiger partial charge in [-0.1, -0.05) is 15.9 Å². The molecule has 1 heterocycles. The summed E-state index contributed by atoms with van der Waals surface area (Å²) in [6.07, 6.45) is 0. The number of nitrogens with one attached hydrogen (secondary N) is 1. The first-order valence-corrected chi connectivity index (χ1v) is 8.76. The molecular weight excluding hydrogens is 394 g/mol. The molecule has 2 amide bonds. The molecular formula is C16H18BrN3O3S. The van der Waals surface area contributed by atoms with Gasteiger partial charge in [-0.25, -0.2) is 0 Å². The van der Waals surface area contributed by atoms with Crippen molar-refractivity contribution in [3.8, 4) is 5.75 Å². The number of methoxy groups -OCH3 is 1. The largest absolute Gasteiger partial charge is 0.496 e. The molecule has 2 aromatic rings. The molecule has 0 unspecified atom stereocenters. The van der Waals surface area contributed by atoms with Crippen molar-refractivity contribution in [2.24, 2.45) is 5.73 Å². The summed E-state index contributed by atoms with van der Waals surface area (Å²) < 4.78 is 6.28. The highest BCUT2D eigenvalue weighted by Gasteiger charge is 2.15. The molecule has 3 N–H and O–H groups in total. The second kappa shape index (κ2) is 8.27. The Balaban J connectivity index is 1.98. The Bertz CT molecular complexity index is 748. The molecule has 0 aliphatic heterocycles. The Hall–Kier alpha value is -1.90. The van der Waals surface area contributed by atoms with Gasteiger partial charge < -0.3 is 15.8 Å². The predicted molar refractivity (Wildman–Crippen MR) is 98.5 cm³/mol. The number of rotatable bonds is 7. The van der Waals surface area contributed by atoms with E-state index in [0.29, 0.717) is 17.1 Å². The van der Waals surface area contributed by atoms with E-state index >= 15 is 0 Å². The minimum Gasteiger partial charge on any atom is -0.496 e. The van der Waals surface area contributed by atoms with Gasteiger partial charge in [-0.3, -0.25) is 14.5 Å². The maximum absolute atomic E-state index is 12.2. The standard InChI is InChI=1S/C16H18BrN3O3S/c1-20(8-10-7-11(17)3-4-13(10)23-2)9-14(21)19-16-12(15(18)22)5-6-24-16/h3-7H,8-9H2,1-2H3,(H2,18,22)(H,19,21). The molecule has 0 fully saturated rings. The normalized spacial score (nSPS) is 10.7. The highest BCUT2D eigenvalue weighted by molar-refractivity contribution is 9.10. The zero-order chi connectivity index (χ0) is 17.7. The van der Waals surface area contributed by atoms with Crippen LogP contribution in [0.2, 0.25) is 0 Å². The molecule has 0 aliphatic rings.